The molecular formula is C25H33N3O6S. The maximum absolute atomic E-state index is 12.7. The molecule has 35 heavy (non-hydrogen) atoms. The third-order valence-electron chi connectivity index (χ3n) is 6.06. The summed E-state index contributed by atoms with van der Waals surface area (Å²) in [5.41, 5.74) is 1.82. The van der Waals surface area contributed by atoms with Crippen LogP contribution >= 0.6 is 0 Å². The first-order valence-corrected chi connectivity index (χ1v) is 13.3. The van der Waals surface area contributed by atoms with Crippen molar-refractivity contribution in [1.29, 1.82) is 0 Å². The highest BCUT2D eigenvalue weighted by atomic mass is 32.2. The second-order valence-corrected chi connectivity index (χ2v) is 11.1. The van der Waals surface area contributed by atoms with E-state index in [9.17, 15) is 13.2 Å². The van der Waals surface area contributed by atoms with Gasteiger partial charge in [-0.3, -0.25) is 9.69 Å². The van der Waals surface area contributed by atoms with Crippen molar-refractivity contribution >= 4 is 15.9 Å². The Labute approximate surface area is 207 Å². The van der Waals surface area contributed by atoms with E-state index in [0.717, 1.165) is 36.7 Å². The van der Waals surface area contributed by atoms with Crippen LogP contribution in [0.25, 0.3) is 0 Å². The number of amides is 1. The van der Waals surface area contributed by atoms with Gasteiger partial charge in [0.05, 0.1) is 4.90 Å². The number of carbonyl (C=O) groups is 1. The average molecular weight is 504 g/mol. The number of nitrogens with one attached hydrogen (secondary N) is 1. The van der Waals surface area contributed by atoms with Gasteiger partial charge in [-0.2, -0.15) is 0 Å². The van der Waals surface area contributed by atoms with Crippen LogP contribution in [-0.2, 0) is 21.4 Å². The van der Waals surface area contributed by atoms with Gasteiger partial charge >= 0.3 is 0 Å². The zero-order valence-electron chi connectivity index (χ0n) is 20.5. The highest BCUT2D eigenvalue weighted by molar-refractivity contribution is 7.89. The van der Waals surface area contributed by atoms with Gasteiger partial charge in [-0.1, -0.05) is 19.9 Å². The predicted octanol–water partition coefficient (Wildman–Crippen LogP) is 2.38. The van der Waals surface area contributed by atoms with Gasteiger partial charge in [-0.15, -0.1) is 0 Å². The number of aryl methyl sites for hydroxylation is 1. The maximum Gasteiger partial charge on any atom is 0.260 e. The molecule has 1 amide bonds. The van der Waals surface area contributed by atoms with E-state index >= 15 is 0 Å². The van der Waals surface area contributed by atoms with Crippen LogP contribution in [0.3, 0.4) is 0 Å². The third kappa shape index (κ3) is 6.45. The Bertz CT molecular complexity index is 1160. The molecule has 1 N–H and O–H groups in total. The molecule has 0 aliphatic carbocycles. The maximum atomic E-state index is 12.7. The summed E-state index contributed by atoms with van der Waals surface area (Å²) in [4.78, 5) is 17.0. The van der Waals surface area contributed by atoms with E-state index in [1.54, 1.807) is 24.0 Å². The van der Waals surface area contributed by atoms with Gasteiger partial charge in [0.15, 0.2) is 18.1 Å². The van der Waals surface area contributed by atoms with Crippen LogP contribution in [-0.4, -0.2) is 70.2 Å². The number of carbonyl (C=O) groups excluding carboxylic acids is 1. The number of sulfonamides is 1. The fraction of sp³-hybridized carbons (Fsp3) is 0.480. The van der Waals surface area contributed by atoms with Crippen molar-refractivity contribution < 1.29 is 27.4 Å². The fourth-order valence-electron chi connectivity index (χ4n) is 3.99. The molecule has 1 fully saturated rings. The minimum Gasteiger partial charge on any atom is -0.483 e. The molecule has 0 bridgehead atoms. The molecule has 0 aromatic heterocycles. The van der Waals surface area contributed by atoms with Crippen molar-refractivity contribution in [1.82, 2.24) is 14.5 Å². The van der Waals surface area contributed by atoms with Gasteiger partial charge in [-0.25, -0.2) is 13.1 Å². The quantitative estimate of drug-likeness (QED) is 0.561. The van der Waals surface area contributed by atoms with Crippen LogP contribution in [0.4, 0.5) is 0 Å². The summed E-state index contributed by atoms with van der Waals surface area (Å²) in [6.45, 7) is 9.81. The molecule has 2 aliphatic rings. The van der Waals surface area contributed by atoms with Crippen molar-refractivity contribution in [3.05, 3.63) is 47.5 Å². The lowest BCUT2D eigenvalue weighted by atomic mass is 10.1. The fourth-order valence-corrected chi connectivity index (χ4v) is 5.29. The Morgan fingerprint density at radius 1 is 1.06 bits per heavy atom. The first kappa shape index (κ1) is 25.3. The Morgan fingerprint density at radius 2 is 1.80 bits per heavy atom. The number of fused-ring (bicyclic) bond motifs is 1. The monoisotopic (exact) mass is 503 g/mol. The van der Waals surface area contributed by atoms with Crippen LogP contribution in [0, 0.1) is 12.8 Å². The van der Waals surface area contributed by atoms with Crippen LogP contribution in [0.2, 0.25) is 0 Å². The average Bonchev–Trinajstić information content (AvgIpc) is 3.30. The molecule has 0 spiro atoms. The first-order chi connectivity index (χ1) is 16.7. The van der Waals surface area contributed by atoms with Crippen molar-refractivity contribution in [2.75, 3.05) is 46.1 Å². The second-order valence-electron chi connectivity index (χ2n) is 9.31. The summed E-state index contributed by atoms with van der Waals surface area (Å²) in [6.07, 6.45) is 0. The SMILES string of the molecule is Cc1cc(S(=O)(=O)NCC(C)C)ccc1OCC(=O)N1CCN(Cc2ccc3c(c2)OCO3)CC1. The molecule has 0 atom stereocenters. The minimum atomic E-state index is -3.57. The molecular weight excluding hydrogens is 470 g/mol. The Hall–Kier alpha value is -2.82. The van der Waals surface area contributed by atoms with E-state index in [0.29, 0.717) is 30.9 Å². The number of piperazine rings is 1. The molecule has 0 saturated carbocycles. The summed E-state index contributed by atoms with van der Waals surface area (Å²) >= 11 is 0. The van der Waals surface area contributed by atoms with Crippen molar-refractivity contribution in [2.24, 2.45) is 5.92 Å². The molecule has 9 nitrogen and oxygen atoms in total. The van der Waals surface area contributed by atoms with E-state index in [4.69, 9.17) is 14.2 Å². The van der Waals surface area contributed by atoms with Crippen molar-refractivity contribution in [3.8, 4) is 17.2 Å². The van der Waals surface area contributed by atoms with Crippen LogP contribution in [0.15, 0.2) is 41.3 Å². The topological polar surface area (TPSA) is 97.4 Å². The number of rotatable bonds is 9. The number of hydrogen-bond acceptors (Lipinski definition) is 7. The van der Waals surface area contributed by atoms with Gasteiger partial charge < -0.3 is 19.1 Å². The number of benzene rings is 2. The lowest BCUT2D eigenvalue weighted by Gasteiger charge is -2.34. The number of ether oxygens (including phenoxy) is 3. The Morgan fingerprint density at radius 3 is 2.51 bits per heavy atom. The zero-order valence-corrected chi connectivity index (χ0v) is 21.3. The lowest BCUT2D eigenvalue weighted by Crippen LogP contribution is -2.49. The van der Waals surface area contributed by atoms with Crippen molar-refractivity contribution in [2.45, 2.75) is 32.2 Å². The molecule has 4 rings (SSSR count). The smallest absolute Gasteiger partial charge is 0.260 e. The largest absolute Gasteiger partial charge is 0.483 e. The second kappa shape index (κ2) is 10.8. The molecule has 10 heteroatoms. The molecule has 2 aromatic carbocycles. The molecule has 1 saturated heterocycles. The summed E-state index contributed by atoms with van der Waals surface area (Å²) in [5, 5.41) is 0. The van der Waals surface area contributed by atoms with E-state index in [1.807, 2.05) is 32.0 Å². The number of nitrogens with zero attached hydrogens (tertiary/aromatic N) is 2. The Balaban J connectivity index is 1.25. The molecule has 2 aromatic rings. The highest BCUT2D eigenvalue weighted by Gasteiger charge is 2.23. The van der Waals surface area contributed by atoms with E-state index in [-0.39, 0.29) is 30.1 Å². The first-order valence-electron chi connectivity index (χ1n) is 11.8. The van der Waals surface area contributed by atoms with Crippen LogP contribution in [0.1, 0.15) is 25.0 Å². The van der Waals surface area contributed by atoms with E-state index in [2.05, 4.69) is 9.62 Å². The van der Waals surface area contributed by atoms with E-state index in [1.165, 1.54) is 6.07 Å². The van der Waals surface area contributed by atoms with Gasteiger partial charge in [-0.05, 0) is 54.3 Å². The van der Waals surface area contributed by atoms with Gasteiger partial charge in [0, 0.05) is 39.3 Å². The summed E-state index contributed by atoms with van der Waals surface area (Å²) < 4.78 is 44.0. The molecule has 190 valence electrons. The predicted molar refractivity (Wildman–Crippen MR) is 131 cm³/mol. The van der Waals surface area contributed by atoms with Gasteiger partial charge in [0.1, 0.15) is 5.75 Å². The third-order valence-corrected chi connectivity index (χ3v) is 7.48. The molecule has 0 unspecified atom stereocenters. The highest BCUT2D eigenvalue weighted by Crippen LogP contribution is 2.33. The van der Waals surface area contributed by atoms with Gasteiger partial charge in [0.2, 0.25) is 16.8 Å². The minimum absolute atomic E-state index is 0.0811. The normalized spacial score (nSPS) is 16.1. The van der Waals surface area contributed by atoms with E-state index < -0.39 is 10.0 Å². The Kier molecular flexibility index (Phi) is 7.83. The standard InChI is InChI=1S/C25H33N3O6S/c1-18(2)14-26-35(30,31)21-5-7-22(19(3)12-21)32-16-25(29)28-10-8-27(9-11-28)15-20-4-6-23-24(13-20)34-17-33-23/h4-7,12-13,18,26H,8-11,14-17H2,1-3H3. The molecule has 0 radical (unpaired) electrons. The summed E-state index contributed by atoms with van der Waals surface area (Å²) in [5.74, 6) is 2.19. The van der Waals surface area contributed by atoms with Crippen LogP contribution in [0.5, 0.6) is 17.2 Å². The molecule has 2 aliphatic heterocycles. The van der Waals surface area contributed by atoms with Gasteiger partial charge in [0.25, 0.3) is 5.91 Å². The zero-order chi connectivity index (χ0) is 25.0. The van der Waals surface area contributed by atoms with Crippen LogP contribution < -0.4 is 18.9 Å². The molecule has 2 heterocycles. The summed E-state index contributed by atoms with van der Waals surface area (Å²) in [7, 11) is -3.57. The summed E-state index contributed by atoms with van der Waals surface area (Å²) in [6, 6.07) is 10.7. The number of hydrogen-bond donors (Lipinski definition) is 1. The van der Waals surface area contributed by atoms with Crippen molar-refractivity contribution in [3.63, 3.8) is 0 Å². The lowest BCUT2D eigenvalue weighted by molar-refractivity contribution is -0.135.